The molecule has 2 heterocycles. The first kappa shape index (κ1) is 13.0. The molecule has 0 aliphatic heterocycles. The van der Waals surface area contributed by atoms with E-state index in [1.807, 2.05) is 60.4 Å². The Hall–Kier alpha value is -2.66. The number of anilines is 2. The van der Waals surface area contributed by atoms with Crippen molar-refractivity contribution < 1.29 is 0 Å². The van der Waals surface area contributed by atoms with Gasteiger partial charge in [0.2, 0.25) is 5.95 Å². The van der Waals surface area contributed by atoms with Gasteiger partial charge in [-0.25, -0.2) is 9.66 Å². The van der Waals surface area contributed by atoms with Crippen molar-refractivity contribution in [3.05, 3.63) is 53.7 Å². The average molecular weight is 312 g/mol. The highest BCUT2D eigenvalue weighted by molar-refractivity contribution is 6.31. The maximum atomic E-state index is 6.10. The molecule has 0 fully saturated rings. The van der Waals surface area contributed by atoms with Gasteiger partial charge in [0.15, 0.2) is 0 Å². The predicted octanol–water partition coefficient (Wildman–Crippen LogP) is 4.09. The quantitative estimate of drug-likeness (QED) is 0.534. The van der Waals surface area contributed by atoms with Crippen LogP contribution < -0.4 is 10.7 Å². The summed E-state index contributed by atoms with van der Waals surface area (Å²) in [5.41, 5.74) is 7.05. The van der Waals surface area contributed by atoms with E-state index in [1.54, 1.807) is 0 Å². The molecule has 0 bridgehead atoms. The first-order valence-electron chi connectivity index (χ1n) is 6.95. The van der Waals surface area contributed by atoms with Crippen LogP contribution in [0.4, 0.5) is 11.6 Å². The number of imidazole rings is 1. The van der Waals surface area contributed by atoms with E-state index in [-0.39, 0.29) is 0 Å². The lowest BCUT2D eigenvalue weighted by atomic mass is 10.2. The van der Waals surface area contributed by atoms with Crippen LogP contribution in [0.5, 0.6) is 0 Å². The lowest BCUT2D eigenvalue weighted by molar-refractivity contribution is 0.966. The first-order valence-corrected chi connectivity index (χ1v) is 7.33. The zero-order chi connectivity index (χ0) is 15.1. The number of halogens is 1. The Labute approximate surface area is 131 Å². The third-order valence-corrected chi connectivity index (χ3v) is 3.91. The smallest absolute Gasteiger partial charge is 0.227 e. The van der Waals surface area contributed by atoms with E-state index < -0.39 is 0 Å². The Morgan fingerprint density at radius 1 is 1.18 bits per heavy atom. The molecule has 110 valence electrons. The average Bonchev–Trinajstić information content (AvgIpc) is 3.08. The number of H-pyrrole nitrogens is 1. The van der Waals surface area contributed by atoms with Gasteiger partial charge in [-0.2, -0.15) is 0 Å². The van der Waals surface area contributed by atoms with Gasteiger partial charge >= 0.3 is 0 Å². The van der Waals surface area contributed by atoms with Gasteiger partial charge < -0.3 is 15.7 Å². The lowest BCUT2D eigenvalue weighted by Gasteiger charge is -2.09. The highest BCUT2D eigenvalue weighted by Gasteiger charge is 2.11. The van der Waals surface area contributed by atoms with Crippen molar-refractivity contribution in [1.29, 1.82) is 0 Å². The molecule has 0 atom stereocenters. The van der Waals surface area contributed by atoms with E-state index in [0.29, 0.717) is 5.02 Å². The summed E-state index contributed by atoms with van der Waals surface area (Å²) in [7, 11) is 1.87. The number of rotatable bonds is 3. The lowest BCUT2D eigenvalue weighted by Crippen LogP contribution is -2.11. The summed E-state index contributed by atoms with van der Waals surface area (Å²) < 4.78 is 1.92. The molecular weight excluding hydrogens is 298 g/mol. The number of fused-ring (bicyclic) bond motifs is 2. The third-order valence-electron chi connectivity index (χ3n) is 3.67. The normalized spacial score (nSPS) is 11.2. The van der Waals surface area contributed by atoms with E-state index in [4.69, 9.17) is 11.6 Å². The zero-order valence-electron chi connectivity index (χ0n) is 11.9. The molecule has 0 saturated carbocycles. The molecular formula is C16H14ClN5. The van der Waals surface area contributed by atoms with Crippen molar-refractivity contribution >= 4 is 45.2 Å². The molecule has 4 rings (SSSR count). The van der Waals surface area contributed by atoms with E-state index in [9.17, 15) is 0 Å². The molecule has 2 aromatic carbocycles. The Kier molecular flexibility index (Phi) is 2.94. The fraction of sp³-hybridized carbons (Fsp3) is 0.0625. The second-order valence-corrected chi connectivity index (χ2v) is 5.44. The van der Waals surface area contributed by atoms with Crippen molar-refractivity contribution in [3.8, 4) is 0 Å². The fourth-order valence-electron chi connectivity index (χ4n) is 2.65. The van der Waals surface area contributed by atoms with E-state index >= 15 is 0 Å². The summed E-state index contributed by atoms with van der Waals surface area (Å²) in [4.78, 5) is 7.86. The number of nitrogens with zero attached hydrogens (tertiary/aromatic N) is 2. The first-order chi connectivity index (χ1) is 10.8. The highest BCUT2D eigenvalue weighted by atomic mass is 35.5. The molecule has 0 amide bonds. The van der Waals surface area contributed by atoms with Gasteiger partial charge in [0, 0.05) is 29.2 Å². The number of hydrogen-bond donors (Lipinski definition) is 3. The van der Waals surface area contributed by atoms with Crippen LogP contribution in [0, 0.1) is 0 Å². The molecule has 0 aliphatic carbocycles. The van der Waals surface area contributed by atoms with Crippen LogP contribution in [-0.4, -0.2) is 21.7 Å². The SMILES string of the molecule is CNn1c(Nc2c[nH]c3ccc(Cl)cc23)nc2ccccc21. The molecule has 0 radical (unpaired) electrons. The number of benzene rings is 2. The van der Waals surface area contributed by atoms with Crippen LogP contribution in [0.2, 0.25) is 5.02 Å². The Balaban J connectivity index is 1.84. The molecule has 22 heavy (non-hydrogen) atoms. The predicted molar refractivity (Wildman–Crippen MR) is 91.6 cm³/mol. The Morgan fingerprint density at radius 3 is 2.91 bits per heavy atom. The van der Waals surface area contributed by atoms with Gasteiger partial charge in [-0.3, -0.25) is 0 Å². The molecule has 5 nitrogen and oxygen atoms in total. The van der Waals surface area contributed by atoms with Gasteiger partial charge in [-0.05, 0) is 30.3 Å². The molecule has 4 aromatic rings. The van der Waals surface area contributed by atoms with Crippen molar-refractivity contribution in [3.63, 3.8) is 0 Å². The Bertz CT molecular complexity index is 969. The van der Waals surface area contributed by atoms with Crippen molar-refractivity contribution in [2.45, 2.75) is 0 Å². The topological polar surface area (TPSA) is 57.7 Å². The van der Waals surface area contributed by atoms with Gasteiger partial charge in [0.25, 0.3) is 0 Å². The molecule has 0 aliphatic rings. The third kappa shape index (κ3) is 1.98. The van der Waals surface area contributed by atoms with Crippen molar-refractivity contribution in [1.82, 2.24) is 14.6 Å². The van der Waals surface area contributed by atoms with Crippen LogP contribution >= 0.6 is 11.6 Å². The number of aromatic amines is 1. The van der Waals surface area contributed by atoms with Crippen LogP contribution in [0.25, 0.3) is 21.9 Å². The minimum Gasteiger partial charge on any atom is -0.359 e. The van der Waals surface area contributed by atoms with Crippen LogP contribution in [-0.2, 0) is 0 Å². The largest absolute Gasteiger partial charge is 0.359 e. The van der Waals surface area contributed by atoms with Crippen molar-refractivity contribution in [2.75, 3.05) is 17.8 Å². The summed E-state index contributed by atoms with van der Waals surface area (Å²) in [6.07, 6.45) is 1.92. The number of hydrogen-bond acceptors (Lipinski definition) is 3. The van der Waals surface area contributed by atoms with Gasteiger partial charge in [0.05, 0.1) is 16.7 Å². The second kappa shape index (κ2) is 4.96. The molecule has 2 aromatic heterocycles. The van der Waals surface area contributed by atoms with E-state index in [0.717, 1.165) is 33.6 Å². The minimum absolute atomic E-state index is 0.706. The fourth-order valence-corrected chi connectivity index (χ4v) is 2.83. The molecule has 0 unspecified atom stereocenters. The van der Waals surface area contributed by atoms with Crippen LogP contribution in [0.3, 0.4) is 0 Å². The number of aromatic nitrogens is 3. The monoisotopic (exact) mass is 311 g/mol. The summed E-state index contributed by atoms with van der Waals surface area (Å²) in [5.74, 6) is 0.726. The highest BCUT2D eigenvalue weighted by Crippen LogP contribution is 2.29. The molecule has 0 spiro atoms. The van der Waals surface area contributed by atoms with E-state index in [2.05, 4.69) is 20.7 Å². The summed E-state index contributed by atoms with van der Waals surface area (Å²) in [5, 5.41) is 5.10. The van der Waals surface area contributed by atoms with Crippen LogP contribution in [0.1, 0.15) is 0 Å². The van der Waals surface area contributed by atoms with Crippen LogP contribution in [0.15, 0.2) is 48.7 Å². The van der Waals surface area contributed by atoms with Gasteiger partial charge in [-0.15, -0.1) is 0 Å². The molecule has 6 heteroatoms. The minimum atomic E-state index is 0.706. The molecule has 3 N–H and O–H groups in total. The summed E-state index contributed by atoms with van der Waals surface area (Å²) >= 11 is 6.10. The van der Waals surface area contributed by atoms with Gasteiger partial charge in [-0.1, -0.05) is 23.7 Å². The number of nitrogens with one attached hydrogen (secondary N) is 3. The zero-order valence-corrected chi connectivity index (χ0v) is 12.6. The number of para-hydroxylation sites is 2. The maximum Gasteiger partial charge on any atom is 0.227 e. The molecule has 0 saturated heterocycles. The maximum absolute atomic E-state index is 6.10. The van der Waals surface area contributed by atoms with Crippen molar-refractivity contribution in [2.24, 2.45) is 0 Å². The standard InChI is InChI=1S/C16H14ClN5/c1-18-22-15-5-3-2-4-13(15)20-16(22)21-14-9-19-12-7-6-10(17)8-11(12)14/h2-9,18-19H,1H3,(H,20,21). The van der Waals surface area contributed by atoms with E-state index in [1.165, 1.54) is 0 Å². The second-order valence-electron chi connectivity index (χ2n) is 5.00. The Morgan fingerprint density at radius 2 is 2.05 bits per heavy atom. The summed E-state index contributed by atoms with van der Waals surface area (Å²) in [6, 6.07) is 13.7. The van der Waals surface area contributed by atoms with Gasteiger partial charge in [0.1, 0.15) is 0 Å². The summed E-state index contributed by atoms with van der Waals surface area (Å²) in [6.45, 7) is 0.